The zero-order valence-electron chi connectivity index (χ0n) is 12.3. The summed E-state index contributed by atoms with van der Waals surface area (Å²) in [6.45, 7) is -0.0536. The van der Waals surface area contributed by atoms with E-state index in [-0.39, 0.29) is 6.61 Å². The molecule has 5 nitrogen and oxygen atoms in total. The Labute approximate surface area is 124 Å². The fourth-order valence-corrected chi connectivity index (χ4v) is 3.13. The number of rotatable bonds is 4. The minimum absolute atomic E-state index is 0.0536. The average Bonchev–Trinajstić information content (AvgIpc) is 2.99. The van der Waals surface area contributed by atoms with Crippen LogP contribution in [0.25, 0.3) is 5.69 Å². The third-order valence-electron chi connectivity index (χ3n) is 4.24. The molecule has 1 aliphatic rings. The highest BCUT2D eigenvalue weighted by molar-refractivity contribution is 5.39. The van der Waals surface area contributed by atoms with Gasteiger partial charge in [-0.1, -0.05) is 24.5 Å². The average molecular weight is 287 g/mol. The molecule has 1 N–H and O–H groups in total. The molecule has 1 fully saturated rings. The maximum atomic E-state index is 9.56. The first-order chi connectivity index (χ1) is 10.3. The van der Waals surface area contributed by atoms with E-state index >= 15 is 0 Å². The van der Waals surface area contributed by atoms with Crippen LogP contribution in [0.15, 0.2) is 24.3 Å². The van der Waals surface area contributed by atoms with Crippen molar-refractivity contribution >= 4 is 0 Å². The Kier molecular flexibility index (Phi) is 4.20. The van der Waals surface area contributed by atoms with Gasteiger partial charge in [-0.25, -0.2) is 4.68 Å². The number of benzene rings is 1. The molecule has 1 saturated carbocycles. The summed E-state index contributed by atoms with van der Waals surface area (Å²) in [5.41, 5.74) is 2.74. The lowest BCUT2D eigenvalue weighted by Gasteiger charge is -2.23. The fourth-order valence-electron chi connectivity index (χ4n) is 3.13. The molecule has 1 aliphatic carbocycles. The lowest BCUT2D eigenvalue weighted by Crippen LogP contribution is -2.12. The van der Waals surface area contributed by atoms with Gasteiger partial charge in [0.1, 0.15) is 11.4 Å². The minimum Gasteiger partial charge on any atom is -0.497 e. The van der Waals surface area contributed by atoms with Gasteiger partial charge in [0.05, 0.1) is 25.1 Å². The van der Waals surface area contributed by atoms with Crippen LogP contribution in [0.1, 0.15) is 49.4 Å². The molecule has 0 unspecified atom stereocenters. The Morgan fingerprint density at radius 3 is 2.52 bits per heavy atom. The second kappa shape index (κ2) is 6.26. The van der Waals surface area contributed by atoms with Crippen LogP contribution in [0.5, 0.6) is 5.75 Å². The van der Waals surface area contributed by atoms with Crippen LogP contribution >= 0.6 is 0 Å². The molecule has 0 bridgehead atoms. The van der Waals surface area contributed by atoms with Crippen molar-refractivity contribution < 1.29 is 9.84 Å². The van der Waals surface area contributed by atoms with Crippen molar-refractivity contribution in [3.05, 3.63) is 35.7 Å². The molecule has 3 rings (SSSR count). The Hall–Kier alpha value is -1.88. The third kappa shape index (κ3) is 2.78. The molecule has 1 aromatic carbocycles. The van der Waals surface area contributed by atoms with E-state index in [1.165, 1.54) is 19.3 Å². The molecule has 5 heteroatoms. The van der Waals surface area contributed by atoms with Crippen molar-refractivity contribution in [1.29, 1.82) is 0 Å². The molecule has 0 spiro atoms. The summed E-state index contributed by atoms with van der Waals surface area (Å²) in [4.78, 5) is 0. The van der Waals surface area contributed by atoms with Gasteiger partial charge in [0.2, 0.25) is 0 Å². The Morgan fingerprint density at radius 1 is 1.19 bits per heavy atom. The largest absolute Gasteiger partial charge is 0.497 e. The summed E-state index contributed by atoms with van der Waals surface area (Å²) >= 11 is 0. The summed E-state index contributed by atoms with van der Waals surface area (Å²) in [5, 5.41) is 18.0. The minimum atomic E-state index is -0.0536. The van der Waals surface area contributed by atoms with Gasteiger partial charge in [0, 0.05) is 5.92 Å². The monoisotopic (exact) mass is 287 g/mol. The van der Waals surface area contributed by atoms with E-state index in [1.807, 2.05) is 28.9 Å². The number of aliphatic hydroxyl groups excluding tert-OH is 1. The molecule has 21 heavy (non-hydrogen) atoms. The van der Waals surface area contributed by atoms with Crippen molar-refractivity contribution in [2.75, 3.05) is 7.11 Å². The van der Waals surface area contributed by atoms with E-state index in [2.05, 4.69) is 10.3 Å². The number of methoxy groups -OCH3 is 1. The molecule has 0 amide bonds. The van der Waals surface area contributed by atoms with Crippen molar-refractivity contribution in [1.82, 2.24) is 15.0 Å². The highest BCUT2D eigenvalue weighted by atomic mass is 16.5. The molecule has 0 saturated heterocycles. The molecule has 0 aliphatic heterocycles. The predicted octanol–water partition coefficient (Wildman–Crippen LogP) is 2.82. The molecule has 0 atom stereocenters. The van der Waals surface area contributed by atoms with Crippen molar-refractivity contribution in [3.63, 3.8) is 0 Å². The SMILES string of the molecule is COc1ccc(-n2nnc(CO)c2C2CCCCC2)cc1. The van der Waals surface area contributed by atoms with Crippen molar-refractivity contribution in [2.45, 2.75) is 44.6 Å². The lowest BCUT2D eigenvalue weighted by molar-refractivity contribution is 0.273. The van der Waals surface area contributed by atoms with Gasteiger partial charge in [-0.05, 0) is 37.1 Å². The Bertz CT molecular complexity index is 586. The van der Waals surface area contributed by atoms with E-state index in [0.717, 1.165) is 30.0 Å². The second-order valence-corrected chi connectivity index (χ2v) is 5.52. The number of hydrogen-bond donors (Lipinski definition) is 1. The van der Waals surface area contributed by atoms with Crippen LogP contribution in [0.3, 0.4) is 0 Å². The number of ether oxygens (including phenoxy) is 1. The molecule has 0 radical (unpaired) electrons. The van der Waals surface area contributed by atoms with E-state index in [4.69, 9.17) is 4.74 Å². The summed E-state index contributed by atoms with van der Waals surface area (Å²) in [6.07, 6.45) is 6.08. The van der Waals surface area contributed by atoms with Gasteiger partial charge < -0.3 is 9.84 Å². The standard InChI is InChI=1S/C16H21N3O2/c1-21-14-9-7-13(8-10-14)19-16(15(11-20)17-18-19)12-5-3-2-4-6-12/h7-10,12,20H,2-6,11H2,1H3. The molecule has 1 heterocycles. The number of aliphatic hydroxyl groups is 1. The lowest BCUT2D eigenvalue weighted by atomic mass is 9.86. The molecular weight excluding hydrogens is 266 g/mol. The van der Waals surface area contributed by atoms with Gasteiger partial charge in [-0.15, -0.1) is 5.10 Å². The van der Waals surface area contributed by atoms with Gasteiger partial charge in [0.25, 0.3) is 0 Å². The number of aromatic nitrogens is 3. The van der Waals surface area contributed by atoms with Gasteiger partial charge in [-0.2, -0.15) is 0 Å². The van der Waals surface area contributed by atoms with E-state index in [1.54, 1.807) is 7.11 Å². The van der Waals surface area contributed by atoms with Gasteiger partial charge in [-0.3, -0.25) is 0 Å². The van der Waals surface area contributed by atoms with Crippen molar-refractivity contribution in [2.24, 2.45) is 0 Å². The van der Waals surface area contributed by atoms with Crippen LogP contribution in [0.4, 0.5) is 0 Å². The molecule has 112 valence electrons. The Morgan fingerprint density at radius 2 is 1.90 bits per heavy atom. The van der Waals surface area contributed by atoms with Gasteiger partial charge >= 0.3 is 0 Å². The summed E-state index contributed by atoms with van der Waals surface area (Å²) in [7, 11) is 1.65. The number of hydrogen-bond acceptors (Lipinski definition) is 4. The quantitative estimate of drug-likeness (QED) is 0.939. The molecule has 1 aromatic heterocycles. The number of nitrogens with zero attached hydrogens (tertiary/aromatic N) is 3. The van der Waals surface area contributed by atoms with Crippen molar-refractivity contribution in [3.8, 4) is 11.4 Å². The second-order valence-electron chi connectivity index (χ2n) is 5.52. The maximum Gasteiger partial charge on any atom is 0.119 e. The smallest absolute Gasteiger partial charge is 0.119 e. The first kappa shape index (κ1) is 14.1. The first-order valence-corrected chi connectivity index (χ1v) is 7.53. The normalized spacial score (nSPS) is 16.1. The van der Waals surface area contributed by atoms with E-state index in [0.29, 0.717) is 11.6 Å². The zero-order chi connectivity index (χ0) is 14.7. The van der Waals surface area contributed by atoms with Crippen LogP contribution in [-0.2, 0) is 6.61 Å². The fraction of sp³-hybridized carbons (Fsp3) is 0.500. The molecule has 2 aromatic rings. The first-order valence-electron chi connectivity index (χ1n) is 7.53. The van der Waals surface area contributed by atoms with Crippen LogP contribution in [0.2, 0.25) is 0 Å². The third-order valence-corrected chi connectivity index (χ3v) is 4.24. The van der Waals surface area contributed by atoms with Crippen LogP contribution < -0.4 is 4.74 Å². The summed E-state index contributed by atoms with van der Waals surface area (Å²) in [6, 6.07) is 7.78. The highest BCUT2D eigenvalue weighted by Gasteiger charge is 2.24. The maximum absolute atomic E-state index is 9.56. The van der Waals surface area contributed by atoms with E-state index in [9.17, 15) is 5.11 Å². The highest BCUT2D eigenvalue weighted by Crippen LogP contribution is 2.35. The predicted molar refractivity (Wildman–Crippen MR) is 79.7 cm³/mol. The molecular formula is C16H21N3O2. The summed E-state index contributed by atoms with van der Waals surface area (Å²) < 4.78 is 7.07. The van der Waals surface area contributed by atoms with E-state index < -0.39 is 0 Å². The van der Waals surface area contributed by atoms with Crippen LogP contribution in [-0.4, -0.2) is 27.2 Å². The van der Waals surface area contributed by atoms with Gasteiger partial charge in [0.15, 0.2) is 0 Å². The zero-order valence-corrected chi connectivity index (χ0v) is 12.3. The Balaban J connectivity index is 1.98. The van der Waals surface area contributed by atoms with Crippen LogP contribution in [0, 0.1) is 0 Å². The topological polar surface area (TPSA) is 60.2 Å². The summed E-state index contributed by atoms with van der Waals surface area (Å²) in [5.74, 6) is 1.26.